The summed E-state index contributed by atoms with van der Waals surface area (Å²) in [5.41, 5.74) is 0.513. The van der Waals surface area contributed by atoms with Gasteiger partial charge in [-0.05, 0) is 44.1 Å². The van der Waals surface area contributed by atoms with Crippen LogP contribution < -0.4 is 10.6 Å². The first-order valence-corrected chi connectivity index (χ1v) is 6.92. The van der Waals surface area contributed by atoms with Gasteiger partial charge < -0.3 is 10.6 Å². The standard InChI is InChI=1S/C14H24N4/c1-4-15-13-16-10-7-12(18-13)17-11-5-8-14(2,3)9-6-11/h7,10-11H,4-6,8-9H2,1-3H3,(H2,15,16,17,18). The van der Waals surface area contributed by atoms with Gasteiger partial charge in [0.1, 0.15) is 5.82 Å². The van der Waals surface area contributed by atoms with Crippen LogP contribution in [0.5, 0.6) is 0 Å². The van der Waals surface area contributed by atoms with Gasteiger partial charge in [0, 0.05) is 18.8 Å². The quantitative estimate of drug-likeness (QED) is 0.858. The third-order valence-electron chi connectivity index (χ3n) is 3.68. The number of nitrogens with one attached hydrogen (secondary N) is 2. The van der Waals surface area contributed by atoms with Crippen molar-refractivity contribution in [3.63, 3.8) is 0 Å². The van der Waals surface area contributed by atoms with Crippen molar-refractivity contribution in [2.45, 2.75) is 52.5 Å². The third kappa shape index (κ3) is 3.59. The Morgan fingerprint density at radius 1 is 1.33 bits per heavy atom. The van der Waals surface area contributed by atoms with E-state index in [1.165, 1.54) is 25.7 Å². The average molecular weight is 248 g/mol. The first-order chi connectivity index (χ1) is 8.59. The number of anilines is 2. The van der Waals surface area contributed by atoms with Gasteiger partial charge in [0.25, 0.3) is 0 Å². The normalized spacial score (nSPS) is 19.5. The van der Waals surface area contributed by atoms with Crippen LogP contribution in [-0.2, 0) is 0 Å². The van der Waals surface area contributed by atoms with Gasteiger partial charge in [0.2, 0.25) is 5.95 Å². The van der Waals surface area contributed by atoms with E-state index in [-0.39, 0.29) is 0 Å². The van der Waals surface area contributed by atoms with Crippen LogP contribution in [0.4, 0.5) is 11.8 Å². The van der Waals surface area contributed by atoms with Crippen molar-refractivity contribution in [2.75, 3.05) is 17.2 Å². The molecule has 1 heterocycles. The molecule has 1 fully saturated rings. The lowest BCUT2D eigenvalue weighted by Gasteiger charge is -2.34. The topological polar surface area (TPSA) is 49.8 Å². The summed E-state index contributed by atoms with van der Waals surface area (Å²) in [5, 5.41) is 6.66. The monoisotopic (exact) mass is 248 g/mol. The van der Waals surface area contributed by atoms with E-state index in [0.717, 1.165) is 12.4 Å². The summed E-state index contributed by atoms with van der Waals surface area (Å²) >= 11 is 0. The Balaban J connectivity index is 1.91. The van der Waals surface area contributed by atoms with E-state index in [1.54, 1.807) is 6.20 Å². The van der Waals surface area contributed by atoms with Gasteiger partial charge >= 0.3 is 0 Å². The van der Waals surface area contributed by atoms with E-state index in [1.807, 2.05) is 13.0 Å². The molecule has 4 heteroatoms. The van der Waals surface area contributed by atoms with Gasteiger partial charge in [0.15, 0.2) is 0 Å². The Morgan fingerprint density at radius 2 is 2.06 bits per heavy atom. The molecule has 1 aromatic heterocycles. The fraction of sp³-hybridized carbons (Fsp3) is 0.714. The highest BCUT2D eigenvalue weighted by Crippen LogP contribution is 2.35. The Bertz CT molecular complexity index is 379. The molecule has 2 rings (SSSR count). The maximum atomic E-state index is 4.46. The lowest BCUT2D eigenvalue weighted by Crippen LogP contribution is -2.30. The summed E-state index contributed by atoms with van der Waals surface area (Å²) in [4.78, 5) is 8.64. The second-order valence-corrected chi connectivity index (χ2v) is 5.88. The number of hydrogen-bond donors (Lipinski definition) is 2. The molecular formula is C14H24N4. The summed E-state index contributed by atoms with van der Waals surface area (Å²) in [6, 6.07) is 2.50. The van der Waals surface area contributed by atoms with Crippen LogP contribution in [0.1, 0.15) is 46.5 Å². The molecule has 100 valence electrons. The van der Waals surface area contributed by atoms with E-state index in [9.17, 15) is 0 Å². The molecule has 0 aromatic carbocycles. The summed E-state index contributed by atoms with van der Waals surface area (Å²) in [5.74, 6) is 1.64. The minimum Gasteiger partial charge on any atom is -0.367 e. The Kier molecular flexibility index (Phi) is 4.04. The molecule has 0 aliphatic heterocycles. The van der Waals surface area contributed by atoms with E-state index in [2.05, 4.69) is 34.4 Å². The number of rotatable bonds is 4. The fourth-order valence-electron chi connectivity index (χ4n) is 2.44. The number of aromatic nitrogens is 2. The van der Waals surface area contributed by atoms with Crippen LogP contribution >= 0.6 is 0 Å². The first-order valence-electron chi connectivity index (χ1n) is 6.92. The van der Waals surface area contributed by atoms with Crippen molar-refractivity contribution in [2.24, 2.45) is 5.41 Å². The summed E-state index contributed by atoms with van der Waals surface area (Å²) in [7, 11) is 0. The second-order valence-electron chi connectivity index (χ2n) is 5.88. The van der Waals surface area contributed by atoms with Crippen LogP contribution in [-0.4, -0.2) is 22.6 Å². The molecule has 1 aliphatic rings. The molecular weight excluding hydrogens is 224 g/mol. The van der Waals surface area contributed by atoms with Gasteiger partial charge in [0.05, 0.1) is 0 Å². The highest BCUT2D eigenvalue weighted by molar-refractivity contribution is 5.40. The lowest BCUT2D eigenvalue weighted by molar-refractivity contribution is 0.232. The number of hydrogen-bond acceptors (Lipinski definition) is 4. The van der Waals surface area contributed by atoms with Crippen molar-refractivity contribution < 1.29 is 0 Å². The SMILES string of the molecule is CCNc1nccc(NC2CCC(C)(C)CC2)n1. The minimum atomic E-state index is 0.513. The molecule has 2 N–H and O–H groups in total. The van der Waals surface area contributed by atoms with Gasteiger partial charge in [-0.25, -0.2) is 4.98 Å². The fourth-order valence-corrected chi connectivity index (χ4v) is 2.44. The maximum absolute atomic E-state index is 4.46. The van der Waals surface area contributed by atoms with Crippen molar-refractivity contribution in [1.29, 1.82) is 0 Å². The second kappa shape index (κ2) is 5.55. The van der Waals surface area contributed by atoms with E-state index < -0.39 is 0 Å². The minimum absolute atomic E-state index is 0.513. The molecule has 0 unspecified atom stereocenters. The van der Waals surface area contributed by atoms with Crippen molar-refractivity contribution in [3.05, 3.63) is 12.3 Å². The first kappa shape index (κ1) is 13.1. The predicted molar refractivity (Wildman–Crippen MR) is 75.9 cm³/mol. The van der Waals surface area contributed by atoms with Crippen molar-refractivity contribution >= 4 is 11.8 Å². The maximum Gasteiger partial charge on any atom is 0.224 e. The molecule has 0 radical (unpaired) electrons. The molecule has 0 spiro atoms. The molecule has 0 atom stereocenters. The molecule has 4 nitrogen and oxygen atoms in total. The molecule has 1 saturated carbocycles. The molecule has 0 amide bonds. The zero-order valence-corrected chi connectivity index (χ0v) is 11.7. The van der Waals surface area contributed by atoms with E-state index in [0.29, 0.717) is 17.4 Å². The third-order valence-corrected chi connectivity index (χ3v) is 3.68. The van der Waals surface area contributed by atoms with Gasteiger partial charge in [-0.3, -0.25) is 0 Å². The smallest absolute Gasteiger partial charge is 0.224 e. The molecule has 0 saturated heterocycles. The Labute approximate surface area is 110 Å². The highest BCUT2D eigenvalue weighted by atomic mass is 15.1. The van der Waals surface area contributed by atoms with Gasteiger partial charge in [-0.2, -0.15) is 4.98 Å². The zero-order valence-electron chi connectivity index (χ0n) is 11.7. The van der Waals surface area contributed by atoms with Crippen LogP contribution in [0, 0.1) is 5.41 Å². The summed E-state index contributed by atoms with van der Waals surface area (Å²) in [6.45, 7) is 7.61. The van der Waals surface area contributed by atoms with Crippen molar-refractivity contribution in [3.8, 4) is 0 Å². The largest absolute Gasteiger partial charge is 0.367 e. The zero-order chi connectivity index (χ0) is 13.0. The Hall–Kier alpha value is -1.32. The highest BCUT2D eigenvalue weighted by Gasteiger charge is 2.26. The molecule has 0 bridgehead atoms. The van der Waals surface area contributed by atoms with E-state index in [4.69, 9.17) is 0 Å². The Morgan fingerprint density at radius 3 is 2.72 bits per heavy atom. The van der Waals surface area contributed by atoms with Gasteiger partial charge in [-0.1, -0.05) is 13.8 Å². The molecule has 1 aromatic rings. The van der Waals surface area contributed by atoms with Crippen molar-refractivity contribution in [1.82, 2.24) is 9.97 Å². The summed E-state index contributed by atoms with van der Waals surface area (Å²) < 4.78 is 0. The molecule has 18 heavy (non-hydrogen) atoms. The predicted octanol–water partition coefficient (Wildman–Crippen LogP) is 3.29. The van der Waals surface area contributed by atoms with Gasteiger partial charge in [-0.15, -0.1) is 0 Å². The average Bonchev–Trinajstić information content (AvgIpc) is 2.33. The van der Waals surface area contributed by atoms with Crippen LogP contribution in [0.25, 0.3) is 0 Å². The van der Waals surface area contributed by atoms with Crippen LogP contribution in [0.15, 0.2) is 12.3 Å². The summed E-state index contributed by atoms with van der Waals surface area (Å²) in [6.07, 6.45) is 6.84. The number of nitrogens with zero attached hydrogens (tertiary/aromatic N) is 2. The molecule has 1 aliphatic carbocycles. The lowest BCUT2D eigenvalue weighted by atomic mass is 9.75. The van der Waals surface area contributed by atoms with Crippen LogP contribution in [0.2, 0.25) is 0 Å². The van der Waals surface area contributed by atoms with Crippen LogP contribution in [0.3, 0.4) is 0 Å². The van der Waals surface area contributed by atoms with E-state index >= 15 is 0 Å².